The van der Waals surface area contributed by atoms with Gasteiger partial charge in [-0.05, 0) is 31.0 Å². The van der Waals surface area contributed by atoms with Crippen LogP contribution in [0.5, 0.6) is 0 Å². The second-order valence-electron chi connectivity index (χ2n) is 4.42. The number of ketones is 1. The molecular formula is C14H16BrNO2S. The highest BCUT2D eigenvalue weighted by molar-refractivity contribution is 9.09. The van der Waals surface area contributed by atoms with Gasteiger partial charge in [0.25, 0.3) is 0 Å². The maximum absolute atomic E-state index is 11.9. The molecule has 0 atom stereocenters. The summed E-state index contributed by atoms with van der Waals surface area (Å²) >= 11 is 4.59. The maximum atomic E-state index is 11.9. The summed E-state index contributed by atoms with van der Waals surface area (Å²) in [5.41, 5.74) is 1.65. The molecule has 2 aromatic rings. The van der Waals surface area contributed by atoms with E-state index in [1.165, 1.54) is 11.3 Å². The molecule has 3 nitrogen and oxygen atoms in total. The van der Waals surface area contributed by atoms with Gasteiger partial charge in [0.05, 0.1) is 10.2 Å². The molecule has 0 amide bonds. The standard InChI is InChI=1S/C14H16BrNO2S/c1-2-4-12(17)10-5-6-11-13(9-10)19-14(18)16(11)8-3-7-15/h5-6,9H,2-4,7-8H2,1H3. The van der Waals surface area contributed by atoms with E-state index in [1.54, 1.807) is 4.57 Å². The minimum atomic E-state index is 0.0519. The van der Waals surface area contributed by atoms with Gasteiger partial charge in [-0.1, -0.05) is 34.2 Å². The number of aromatic nitrogens is 1. The number of carbonyl (C=O) groups excluding carboxylic acids is 1. The first kappa shape index (κ1) is 14.5. The summed E-state index contributed by atoms with van der Waals surface area (Å²) in [4.78, 5) is 23.9. The normalized spacial score (nSPS) is 11.1. The zero-order valence-electron chi connectivity index (χ0n) is 10.8. The fourth-order valence-electron chi connectivity index (χ4n) is 2.04. The molecule has 0 aliphatic rings. The number of hydrogen-bond donors (Lipinski definition) is 0. The van der Waals surface area contributed by atoms with Crippen LogP contribution in [0.4, 0.5) is 0 Å². The van der Waals surface area contributed by atoms with Gasteiger partial charge in [-0.15, -0.1) is 0 Å². The zero-order valence-corrected chi connectivity index (χ0v) is 13.2. The lowest BCUT2D eigenvalue weighted by Gasteiger charge is -2.03. The molecule has 1 heterocycles. The van der Waals surface area contributed by atoms with Crippen molar-refractivity contribution in [3.8, 4) is 0 Å². The van der Waals surface area contributed by atoms with Crippen molar-refractivity contribution in [1.29, 1.82) is 0 Å². The average Bonchev–Trinajstić information content (AvgIpc) is 2.71. The van der Waals surface area contributed by atoms with E-state index < -0.39 is 0 Å². The monoisotopic (exact) mass is 341 g/mol. The van der Waals surface area contributed by atoms with Crippen LogP contribution in [-0.4, -0.2) is 15.7 Å². The zero-order chi connectivity index (χ0) is 13.8. The molecule has 0 aliphatic carbocycles. The molecule has 0 spiro atoms. The summed E-state index contributed by atoms with van der Waals surface area (Å²) in [6.07, 6.45) is 2.33. The van der Waals surface area contributed by atoms with Crippen LogP contribution in [0, 0.1) is 0 Å². The fraction of sp³-hybridized carbons (Fsp3) is 0.429. The third-order valence-electron chi connectivity index (χ3n) is 2.98. The molecule has 0 unspecified atom stereocenters. The van der Waals surface area contributed by atoms with Crippen molar-refractivity contribution in [3.63, 3.8) is 0 Å². The highest BCUT2D eigenvalue weighted by Gasteiger charge is 2.10. The summed E-state index contributed by atoms with van der Waals surface area (Å²) in [5.74, 6) is 0.150. The van der Waals surface area contributed by atoms with Gasteiger partial charge in [-0.2, -0.15) is 0 Å². The Morgan fingerprint density at radius 3 is 2.89 bits per heavy atom. The smallest absolute Gasteiger partial charge is 0.299 e. The molecule has 0 N–H and O–H groups in total. The average molecular weight is 342 g/mol. The minimum absolute atomic E-state index is 0.0519. The summed E-state index contributed by atoms with van der Waals surface area (Å²) < 4.78 is 2.69. The Morgan fingerprint density at radius 1 is 1.42 bits per heavy atom. The molecule has 2 rings (SSSR count). The second kappa shape index (κ2) is 6.48. The topological polar surface area (TPSA) is 39.1 Å². The first-order valence-electron chi connectivity index (χ1n) is 6.40. The number of halogens is 1. The predicted molar refractivity (Wildman–Crippen MR) is 83.7 cm³/mol. The number of alkyl halides is 1. The van der Waals surface area contributed by atoms with Crippen LogP contribution < -0.4 is 4.87 Å². The number of Topliss-reactive ketones (excluding diaryl/α,β-unsaturated/α-hetero) is 1. The van der Waals surface area contributed by atoms with E-state index >= 15 is 0 Å². The van der Waals surface area contributed by atoms with Crippen LogP contribution in [-0.2, 0) is 6.54 Å². The first-order chi connectivity index (χ1) is 9.17. The lowest BCUT2D eigenvalue weighted by Crippen LogP contribution is -2.12. The van der Waals surface area contributed by atoms with Crippen molar-refractivity contribution in [2.75, 3.05) is 5.33 Å². The van der Waals surface area contributed by atoms with Crippen LogP contribution in [0.1, 0.15) is 36.5 Å². The fourth-order valence-corrected chi connectivity index (χ4v) is 3.25. The molecule has 0 saturated carbocycles. The third kappa shape index (κ3) is 3.15. The molecule has 0 fully saturated rings. The van der Waals surface area contributed by atoms with E-state index in [9.17, 15) is 9.59 Å². The maximum Gasteiger partial charge on any atom is 0.308 e. The van der Waals surface area contributed by atoms with Crippen molar-refractivity contribution in [1.82, 2.24) is 4.57 Å². The molecule has 0 bridgehead atoms. The van der Waals surface area contributed by atoms with Crippen LogP contribution in [0.2, 0.25) is 0 Å². The van der Waals surface area contributed by atoms with E-state index in [0.717, 1.165) is 28.4 Å². The van der Waals surface area contributed by atoms with Gasteiger partial charge in [0.1, 0.15) is 0 Å². The third-order valence-corrected chi connectivity index (χ3v) is 4.49. The van der Waals surface area contributed by atoms with E-state index in [1.807, 2.05) is 25.1 Å². The van der Waals surface area contributed by atoms with Gasteiger partial charge in [0.2, 0.25) is 0 Å². The number of thiazole rings is 1. The number of aryl methyl sites for hydroxylation is 1. The minimum Gasteiger partial charge on any atom is -0.299 e. The van der Waals surface area contributed by atoms with Crippen molar-refractivity contribution in [2.24, 2.45) is 0 Å². The van der Waals surface area contributed by atoms with E-state index in [4.69, 9.17) is 0 Å². The summed E-state index contributed by atoms with van der Waals surface area (Å²) in [6.45, 7) is 2.71. The Kier molecular flexibility index (Phi) is 4.93. The quantitative estimate of drug-likeness (QED) is 0.591. The number of nitrogens with zero attached hydrogens (tertiary/aromatic N) is 1. The first-order valence-corrected chi connectivity index (χ1v) is 8.33. The molecule has 5 heteroatoms. The highest BCUT2D eigenvalue weighted by atomic mass is 79.9. The lowest BCUT2D eigenvalue weighted by atomic mass is 10.1. The molecule has 0 radical (unpaired) electrons. The van der Waals surface area contributed by atoms with Crippen molar-refractivity contribution in [3.05, 3.63) is 33.4 Å². The Morgan fingerprint density at radius 2 is 2.21 bits per heavy atom. The predicted octanol–water partition coefficient (Wildman–Crippen LogP) is 3.83. The van der Waals surface area contributed by atoms with Crippen LogP contribution in [0.3, 0.4) is 0 Å². The SMILES string of the molecule is CCCC(=O)c1ccc2c(c1)sc(=O)n2CCCBr. The van der Waals surface area contributed by atoms with Gasteiger partial charge in [-0.3, -0.25) is 14.2 Å². The van der Waals surface area contributed by atoms with Crippen LogP contribution >= 0.6 is 27.3 Å². The lowest BCUT2D eigenvalue weighted by molar-refractivity contribution is 0.0982. The Bertz CT molecular complexity index is 644. The van der Waals surface area contributed by atoms with Crippen molar-refractivity contribution >= 4 is 43.3 Å². The number of carbonyl (C=O) groups is 1. The van der Waals surface area contributed by atoms with E-state index in [2.05, 4.69) is 15.9 Å². The molecule has 1 aromatic heterocycles. The molecule has 0 saturated heterocycles. The van der Waals surface area contributed by atoms with Crippen molar-refractivity contribution < 1.29 is 4.79 Å². The summed E-state index contributed by atoms with van der Waals surface area (Å²) in [7, 11) is 0. The van der Waals surface area contributed by atoms with Gasteiger partial charge in [0.15, 0.2) is 5.78 Å². The molecule has 0 aliphatic heterocycles. The number of fused-ring (bicyclic) bond motifs is 1. The number of hydrogen-bond acceptors (Lipinski definition) is 3. The van der Waals surface area contributed by atoms with E-state index in [-0.39, 0.29) is 10.7 Å². The van der Waals surface area contributed by atoms with Gasteiger partial charge >= 0.3 is 4.87 Å². The summed E-state index contributed by atoms with van der Waals surface area (Å²) in [6, 6.07) is 5.57. The largest absolute Gasteiger partial charge is 0.308 e. The van der Waals surface area contributed by atoms with Crippen LogP contribution in [0.15, 0.2) is 23.0 Å². The molecular weight excluding hydrogens is 326 g/mol. The highest BCUT2D eigenvalue weighted by Crippen LogP contribution is 2.20. The number of benzene rings is 1. The Labute approximate surface area is 124 Å². The Hall–Kier alpha value is -0.940. The summed E-state index contributed by atoms with van der Waals surface area (Å²) in [5, 5.41) is 0.879. The second-order valence-corrected chi connectivity index (χ2v) is 6.20. The van der Waals surface area contributed by atoms with E-state index in [0.29, 0.717) is 18.5 Å². The van der Waals surface area contributed by atoms with Crippen LogP contribution in [0.25, 0.3) is 10.2 Å². The molecule has 19 heavy (non-hydrogen) atoms. The Balaban J connectivity index is 2.40. The number of rotatable bonds is 6. The molecule has 102 valence electrons. The van der Waals surface area contributed by atoms with Crippen molar-refractivity contribution in [2.45, 2.75) is 32.7 Å². The molecule has 1 aromatic carbocycles. The van der Waals surface area contributed by atoms with Gasteiger partial charge < -0.3 is 0 Å². The van der Waals surface area contributed by atoms with Gasteiger partial charge in [-0.25, -0.2) is 0 Å². The van der Waals surface area contributed by atoms with Gasteiger partial charge in [0, 0.05) is 23.9 Å².